The molecule has 1 atom stereocenters. The Bertz CT molecular complexity index is 1060. The van der Waals surface area contributed by atoms with Gasteiger partial charge in [-0.15, -0.1) is 0 Å². The van der Waals surface area contributed by atoms with Gasteiger partial charge in [-0.3, -0.25) is 4.79 Å². The highest BCUT2D eigenvalue weighted by Crippen LogP contribution is 2.23. The van der Waals surface area contributed by atoms with Crippen LogP contribution < -0.4 is 5.32 Å². The number of piperazine rings is 1. The molecule has 7 heteroatoms. The third-order valence-corrected chi connectivity index (χ3v) is 8.10. The van der Waals surface area contributed by atoms with Crippen LogP contribution in [0.4, 0.5) is 0 Å². The highest BCUT2D eigenvalue weighted by molar-refractivity contribution is 7.89. The largest absolute Gasteiger partial charge is 0.345 e. The Morgan fingerprint density at radius 2 is 1.61 bits per heavy atom. The lowest BCUT2D eigenvalue weighted by Crippen LogP contribution is -2.47. The summed E-state index contributed by atoms with van der Waals surface area (Å²) in [6.45, 7) is 10.3. The van der Waals surface area contributed by atoms with E-state index >= 15 is 0 Å². The van der Waals surface area contributed by atoms with E-state index in [1.54, 1.807) is 12.1 Å². The quantitative estimate of drug-likeness (QED) is 0.743. The first-order valence-electron chi connectivity index (χ1n) is 10.8. The van der Waals surface area contributed by atoms with Crippen molar-refractivity contribution in [2.24, 2.45) is 0 Å². The van der Waals surface area contributed by atoms with Gasteiger partial charge >= 0.3 is 0 Å². The molecular weight excluding hydrogens is 410 g/mol. The zero-order valence-electron chi connectivity index (χ0n) is 19.1. The van der Waals surface area contributed by atoms with Crippen molar-refractivity contribution in [1.29, 1.82) is 0 Å². The molecule has 2 aromatic rings. The Morgan fingerprint density at radius 3 is 2.23 bits per heavy atom. The zero-order valence-corrected chi connectivity index (χ0v) is 19.9. The van der Waals surface area contributed by atoms with Gasteiger partial charge in [-0.1, -0.05) is 31.2 Å². The molecule has 0 bridgehead atoms. The monoisotopic (exact) mass is 443 g/mol. The maximum Gasteiger partial charge on any atom is 0.252 e. The van der Waals surface area contributed by atoms with Crippen LogP contribution in [-0.4, -0.2) is 56.8 Å². The third kappa shape index (κ3) is 5.17. The summed E-state index contributed by atoms with van der Waals surface area (Å²) in [4.78, 5) is 15.4. The fourth-order valence-corrected chi connectivity index (χ4v) is 5.27. The first-order chi connectivity index (χ1) is 14.6. The fraction of sp³-hybridized carbons (Fsp3) is 0.458. The lowest BCUT2D eigenvalue weighted by Gasteiger charge is -2.31. The zero-order chi connectivity index (χ0) is 22.8. The van der Waals surface area contributed by atoms with E-state index in [0.717, 1.165) is 17.5 Å². The second-order valence-electron chi connectivity index (χ2n) is 8.46. The van der Waals surface area contributed by atoms with E-state index < -0.39 is 10.0 Å². The molecule has 1 N–H and O–H groups in total. The minimum Gasteiger partial charge on any atom is -0.345 e. The van der Waals surface area contributed by atoms with E-state index in [1.807, 2.05) is 27.0 Å². The number of benzene rings is 2. The Balaban J connectivity index is 1.85. The van der Waals surface area contributed by atoms with E-state index in [-0.39, 0.29) is 16.8 Å². The topological polar surface area (TPSA) is 69.7 Å². The van der Waals surface area contributed by atoms with E-state index in [0.29, 0.717) is 31.7 Å². The smallest absolute Gasteiger partial charge is 0.252 e. The molecule has 1 amide bonds. The molecule has 2 aromatic carbocycles. The van der Waals surface area contributed by atoms with Crippen molar-refractivity contribution in [3.05, 3.63) is 64.2 Å². The van der Waals surface area contributed by atoms with Crippen molar-refractivity contribution in [3.63, 3.8) is 0 Å². The minimum atomic E-state index is -3.63. The number of sulfonamides is 1. The maximum absolute atomic E-state index is 13.1. The number of likely N-dealkylation sites (N-methyl/N-ethyl adjacent to an activating group) is 1. The number of hydrogen-bond donors (Lipinski definition) is 1. The average molecular weight is 444 g/mol. The Labute approximate surface area is 186 Å². The molecule has 0 aliphatic carbocycles. The average Bonchev–Trinajstić information content (AvgIpc) is 2.74. The molecule has 1 saturated heterocycles. The summed E-state index contributed by atoms with van der Waals surface area (Å²) in [5.74, 6) is -0.252. The van der Waals surface area contributed by atoms with Gasteiger partial charge in [0.05, 0.1) is 10.9 Å². The first kappa shape index (κ1) is 23.4. The lowest BCUT2D eigenvalue weighted by molar-refractivity contribution is 0.0934. The van der Waals surface area contributed by atoms with Crippen LogP contribution in [0.15, 0.2) is 41.3 Å². The number of hydrogen-bond acceptors (Lipinski definition) is 4. The summed E-state index contributed by atoms with van der Waals surface area (Å²) in [5, 5.41) is 3.10. The molecule has 6 nitrogen and oxygen atoms in total. The third-order valence-electron chi connectivity index (χ3n) is 6.20. The van der Waals surface area contributed by atoms with Gasteiger partial charge in [0.15, 0.2) is 0 Å². The Morgan fingerprint density at radius 1 is 0.968 bits per heavy atom. The summed E-state index contributed by atoms with van der Waals surface area (Å²) < 4.78 is 27.8. The van der Waals surface area contributed by atoms with E-state index in [1.165, 1.54) is 21.5 Å². The molecule has 3 rings (SSSR count). The fourth-order valence-electron chi connectivity index (χ4n) is 3.82. The number of carbonyl (C=O) groups excluding carboxylic acids is 1. The van der Waals surface area contributed by atoms with Crippen LogP contribution in [0.25, 0.3) is 0 Å². The van der Waals surface area contributed by atoms with Crippen LogP contribution in [0.2, 0.25) is 0 Å². The van der Waals surface area contributed by atoms with Crippen molar-refractivity contribution in [3.8, 4) is 0 Å². The molecular formula is C24H33N3O3S. The molecule has 0 unspecified atom stereocenters. The number of nitrogens with zero attached hydrogens (tertiary/aromatic N) is 2. The van der Waals surface area contributed by atoms with Gasteiger partial charge in [0.1, 0.15) is 0 Å². The SMILES string of the molecule is CC[C@@H](NC(=O)c1cc(S(=O)(=O)N2CCN(C)CC2)ccc1C)c1ccc(C)c(C)c1. The molecule has 0 radical (unpaired) electrons. The van der Waals surface area contributed by atoms with Gasteiger partial charge < -0.3 is 10.2 Å². The summed E-state index contributed by atoms with van der Waals surface area (Å²) in [6.07, 6.45) is 0.743. The van der Waals surface area contributed by atoms with Gasteiger partial charge in [-0.25, -0.2) is 8.42 Å². The standard InChI is InChI=1S/C24H33N3O3S/c1-6-23(20-9-7-17(2)19(4)15-20)25-24(28)22-16-21(10-8-18(22)3)31(29,30)27-13-11-26(5)12-14-27/h7-10,15-16,23H,6,11-14H2,1-5H3,(H,25,28)/t23-/m1/s1. The van der Waals surface area contributed by atoms with Gasteiger partial charge in [0.2, 0.25) is 10.0 Å². The highest BCUT2D eigenvalue weighted by Gasteiger charge is 2.28. The van der Waals surface area contributed by atoms with Crippen molar-refractivity contribution >= 4 is 15.9 Å². The summed E-state index contributed by atoms with van der Waals surface area (Å²) in [7, 11) is -1.64. The predicted octanol–water partition coefficient (Wildman–Crippen LogP) is 3.43. The number of rotatable bonds is 6. The first-order valence-corrected chi connectivity index (χ1v) is 12.2. The van der Waals surface area contributed by atoms with Crippen LogP contribution in [0.3, 0.4) is 0 Å². The molecule has 31 heavy (non-hydrogen) atoms. The second-order valence-corrected chi connectivity index (χ2v) is 10.4. The molecule has 1 heterocycles. The van der Waals surface area contributed by atoms with E-state index in [9.17, 15) is 13.2 Å². The Hall–Kier alpha value is -2.22. The normalized spacial score (nSPS) is 16.8. The lowest BCUT2D eigenvalue weighted by atomic mass is 9.99. The van der Waals surface area contributed by atoms with Crippen molar-refractivity contribution in [1.82, 2.24) is 14.5 Å². The van der Waals surface area contributed by atoms with Gasteiger partial charge in [-0.2, -0.15) is 4.31 Å². The second kappa shape index (κ2) is 9.51. The minimum absolute atomic E-state index is 0.135. The van der Waals surface area contributed by atoms with Crippen LogP contribution in [0.1, 0.15) is 52.0 Å². The predicted molar refractivity (Wildman–Crippen MR) is 124 cm³/mol. The molecule has 0 saturated carbocycles. The van der Waals surface area contributed by atoms with Crippen LogP contribution in [0, 0.1) is 20.8 Å². The Kier molecular flexibility index (Phi) is 7.19. The summed E-state index contributed by atoms with van der Waals surface area (Å²) >= 11 is 0. The summed E-state index contributed by atoms with van der Waals surface area (Å²) in [6, 6.07) is 10.9. The summed E-state index contributed by atoms with van der Waals surface area (Å²) in [5.41, 5.74) is 4.60. The number of aryl methyl sites for hydroxylation is 3. The van der Waals surface area contributed by atoms with Gasteiger partial charge in [0, 0.05) is 31.7 Å². The number of nitrogens with one attached hydrogen (secondary N) is 1. The molecule has 0 spiro atoms. The number of carbonyl (C=O) groups is 1. The highest BCUT2D eigenvalue weighted by atomic mass is 32.2. The van der Waals surface area contributed by atoms with Crippen molar-refractivity contribution in [2.45, 2.75) is 45.1 Å². The van der Waals surface area contributed by atoms with Crippen LogP contribution in [0.5, 0.6) is 0 Å². The van der Waals surface area contributed by atoms with Crippen LogP contribution >= 0.6 is 0 Å². The van der Waals surface area contributed by atoms with Crippen molar-refractivity contribution < 1.29 is 13.2 Å². The molecule has 0 aromatic heterocycles. The van der Waals surface area contributed by atoms with Gasteiger partial charge in [-0.05, 0) is 68.6 Å². The number of amides is 1. The molecule has 168 valence electrons. The molecule has 1 aliphatic heterocycles. The molecule has 1 aliphatic rings. The van der Waals surface area contributed by atoms with Gasteiger partial charge in [0.25, 0.3) is 5.91 Å². The van der Waals surface area contributed by atoms with Crippen molar-refractivity contribution in [2.75, 3.05) is 33.2 Å². The molecule has 1 fully saturated rings. The van der Waals surface area contributed by atoms with E-state index in [4.69, 9.17) is 0 Å². The maximum atomic E-state index is 13.1. The van der Waals surface area contributed by atoms with E-state index in [2.05, 4.69) is 36.2 Å². The van der Waals surface area contributed by atoms with Crippen LogP contribution in [-0.2, 0) is 10.0 Å².